The van der Waals surface area contributed by atoms with Gasteiger partial charge in [0.15, 0.2) is 11.5 Å². The number of benzene rings is 1. The molecule has 0 aromatic heterocycles. The molecule has 0 spiro atoms. The minimum absolute atomic E-state index is 0.0282. The molecular weight excluding hydrogens is 334 g/mol. The zero-order valence-corrected chi connectivity index (χ0v) is 14.4. The first-order valence-electron chi connectivity index (χ1n) is 8.25. The van der Waals surface area contributed by atoms with Gasteiger partial charge in [0, 0.05) is 20.1 Å². The monoisotopic (exact) mass is 358 g/mol. The fraction of sp³-hybridized carbons (Fsp3) is 0.588. The van der Waals surface area contributed by atoms with E-state index >= 15 is 0 Å². The zero-order valence-electron chi connectivity index (χ0n) is 14.4. The van der Waals surface area contributed by atoms with Gasteiger partial charge in [-0.1, -0.05) is 6.07 Å². The third-order valence-corrected chi connectivity index (χ3v) is 3.97. The van der Waals surface area contributed by atoms with E-state index in [1.807, 2.05) is 0 Å². The lowest BCUT2D eigenvalue weighted by Crippen LogP contribution is -2.36. The Balaban J connectivity index is 2.03. The first-order chi connectivity index (χ1) is 11.9. The van der Waals surface area contributed by atoms with Gasteiger partial charge < -0.3 is 24.8 Å². The smallest absolute Gasteiger partial charge is 0.387 e. The Hall–Kier alpha value is -1.93. The van der Waals surface area contributed by atoms with Crippen LogP contribution in [0.3, 0.4) is 0 Å². The summed E-state index contributed by atoms with van der Waals surface area (Å²) in [5.74, 6) is 0.0720. The molecule has 6 nitrogen and oxygen atoms in total. The van der Waals surface area contributed by atoms with Gasteiger partial charge in [-0.2, -0.15) is 8.78 Å². The molecule has 0 bridgehead atoms. The Morgan fingerprint density at radius 2 is 2.16 bits per heavy atom. The van der Waals surface area contributed by atoms with E-state index in [0.717, 1.165) is 12.0 Å². The molecule has 0 radical (unpaired) electrons. The molecule has 2 atom stereocenters. The largest absolute Gasteiger partial charge is 0.490 e. The summed E-state index contributed by atoms with van der Waals surface area (Å²) in [6.45, 7) is -0.157. The molecule has 1 fully saturated rings. The second-order valence-corrected chi connectivity index (χ2v) is 5.85. The summed E-state index contributed by atoms with van der Waals surface area (Å²) >= 11 is 0. The molecule has 140 valence electrons. The van der Waals surface area contributed by atoms with Crippen LogP contribution < -0.4 is 15.2 Å². The van der Waals surface area contributed by atoms with E-state index in [2.05, 4.69) is 4.74 Å². The molecule has 0 aliphatic carbocycles. The maximum Gasteiger partial charge on any atom is 0.387 e. The van der Waals surface area contributed by atoms with Crippen LogP contribution >= 0.6 is 0 Å². The van der Waals surface area contributed by atoms with Crippen molar-refractivity contribution in [2.75, 3.05) is 20.2 Å². The maximum atomic E-state index is 12.4. The standard InChI is InChI=1S/C17H24F2N2O4/c1-3-23-15-8-11(4-6-13(15)25-17(18)19)10-21(2)16(22)14-7-5-12(9-20)24-14/h4,6,8,12,14,17H,3,5,7,9-10,20H2,1-2H3/t12-,14+/m1/s1. The van der Waals surface area contributed by atoms with Gasteiger partial charge in [-0.25, -0.2) is 0 Å². The number of nitrogens with two attached hydrogens (primary N) is 1. The predicted octanol–water partition coefficient (Wildman–Crippen LogP) is 2.15. The van der Waals surface area contributed by atoms with Crippen molar-refractivity contribution >= 4 is 5.91 Å². The number of alkyl halides is 2. The van der Waals surface area contributed by atoms with Crippen LogP contribution in [0.25, 0.3) is 0 Å². The molecular formula is C17H24F2N2O4. The lowest BCUT2D eigenvalue weighted by atomic mass is 10.1. The number of halogens is 2. The maximum absolute atomic E-state index is 12.4. The first-order valence-corrected chi connectivity index (χ1v) is 8.25. The van der Waals surface area contributed by atoms with Crippen molar-refractivity contribution in [1.82, 2.24) is 4.90 Å². The average molecular weight is 358 g/mol. The summed E-state index contributed by atoms with van der Waals surface area (Å²) in [6.07, 6.45) is 0.870. The van der Waals surface area contributed by atoms with Crippen molar-refractivity contribution in [3.63, 3.8) is 0 Å². The number of carbonyl (C=O) groups excluding carboxylic acids is 1. The Labute approximate surface area is 145 Å². The molecule has 1 aliphatic rings. The molecule has 1 aromatic rings. The van der Waals surface area contributed by atoms with E-state index in [1.165, 1.54) is 6.07 Å². The minimum Gasteiger partial charge on any atom is -0.490 e. The predicted molar refractivity (Wildman–Crippen MR) is 87.7 cm³/mol. The number of carbonyl (C=O) groups is 1. The molecule has 1 amide bonds. The molecule has 2 rings (SSSR count). The van der Waals surface area contributed by atoms with Gasteiger partial charge in [0.2, 0.25) is 0 Å². The van der Waals surface area contributed by atoms with Gasteiger partial charge in [0.05, 0.1) is 12.7 Å². The van der Waals surface area contributed by atoms with E-state index in [4.69, 9.17) is 15.2 Å². The van der Waals surface area contributed by atoms with Gasteiger partial charge in [-0.3, -0.25) is 4.79 Å². The number of hydrogen-bond donors (Lipinski definition) is 1. The Kier molecular flexibility index (Phi) is 6.95. The average Bonchev–Trinajstić information content (AvgIpc) is 3.05. The molecule has 2 N–H and O–H groups in total. The highest BCUT2D eigenvalue weighted by Gasteiger charge is 2.31. The van der Waals surface area contributed by atoms with Crippen LogP contribution in [-0.2, 0) is 16.1 Å². The van der Waals surface area contributed by atoms with E-state index in [0.29, 0.717) is 26.1 Å². The Morgan fingerprint density at radius 3 is 2.76 bits per heavy atom. The van der Waals surface area contributed by atoms with Crippen LogP contribution in [-0.4, -0.2) is 49.8 Å². The first kappa shape index (κ1) is 19.4. The number of likely N-dealkylation sites (N-methyl/N-ethyl adjacent to an activating group) is 1. The zero-order chi connectivity index (χ0) is 18.4. The second-order valence-electron chi connectivity index (χ2n) is 5.85. The highest BCUT2D eigenvalue weighted by Crippen LogP contribution is 2.30. The number of hydrogen-bond acceptors (Lipinski definition) is 5. The molecule has 1 saturated heterocycles. The third-order valence-electron chi connectivity index (χ3n) is 3.97. The van der Waals surface area contributed by atoms with Gasteiger partial charge >= 0.3 is 6.61 Å². The highest BCUT2D eigenvalue weighted by atomic mass is 19.3. The normalized spacial score (nSPS) is 19.9. The van der Waals surface area contributed by atoms with Crippen molar-refractivity contribution in [2.45, 2.75) is 45.1 Å². The number of rotatable bonds is 8. The van der Waals surface area contributed by atoms with E-state index in [1.54, 1.807) is 31.0 Å². The summed E-state index contributed by atoms with van der Waals surface area (Å²) in [5, 5.41) is 0. The summed E-state index contributed by atoms with van der Waals surface area (Å²) in [7, 11) is 1.67. The molecule has 1 heterocycles. The van der Waals surface area contributed by atoms with Crippen LogP contribution in [0.5, 0.6) is 11.5 Å². The third kappa shape index (κ3) is 5.27. The van der Waals surface area contributed by atoms with Crippen molar-refractivity contribution < 1.29 is 27.8 Å². The van der Waals surface area contributed by atoms with Crippen LogP contribution in [0.4, 0.5) is 8.78 Å². The topological polar surface area (TPSA) is 74.0 Å². The van der Waals surface area contributed by atoms with Gasteiger partial charge in [-0.05, 0) is 37.5 Å². The molecule has 1 aliphatic heterocycles. The van der Waals surface area contributed by atoms with E-state index in [9.17, 15) is 13.6 Å². The molecule has 25 heavy (non-hydrogen) atoms. The van der Waals surface area contributed by atoms with Crippen LogP contribution in [0.15, 0.2) is 18.2 Å². The van der Waals surface area contributed by atoms with Crippen molar-refractivity contribution in [3.05, 3.63) is 23.8 Å². The minimum atomic E-state index is -2.93. The summed E-state index contributed by atoms with van der Waals surface area (Å²) < 4.78 is 40.3. The number of ether oxygens (including phenoxy) is 3. The summed E-state index contributed by atoms with van der Waals surface area (Å²) in [6, 6.07) is 4.65. The van der Waals surface area contributed by atoms with Crippen molar-refractivity contribution in [1.29, 1.82) is 0 Å². The fourth-order valence-corrected chi connectivity index (χ4v) is 2.77. The second kappa shape index (κ2) is 8.96. The van der Waals surface area contributed by atoms with Crippen molar-refractivity contribution in [3.8, 4) is 11.5 Å². The lowest BCUT2D eigenvalue weighted by Gasteiger charge is -2.22. The summed E-state index contributed by atoms with van der Waals surface area (Å²) in [4.78, 5) is 14.0. The SMILES string of the molecule is CCOc1cc(CN(C)C(=O)[C@@H]2CC[C@H](CN)O2)ccc1OC(F)F. The number of nitrogens with zero attached hydrogens (tertiary/aromatic N) is 1. The van der Waals surface area contributed by atoms with Crippen LogP contribution in [0.2, 0.25) is 0 Å². The highest BCUT2D eigenvalue weighted by molar-refractivity contribution is 5.81. The van der Waals surface area contributed by atoms with Crippen LogP contribution in [0.1, 0.15) is 25.3 Å². The lowest BCUT2D eigenvalue weighted by molar-refractivity contribution is -0.141. The molecule has 1 aromatic carbocycles. The van der Waals surface area contributed by atoms with E-state index in [-0.39, 0.29) is 23.5 Å². The Bertz CT molecular complexity index is 586. The molecule has 0 saturated carbocycles. The van der Waals surface area contributed by atoms with Gasteiger partial charge in [0.25, 0.3) is 5.91 Å². The van der Waals surface area contributed by atoms with Crippen molar-refractivity contribution in [2.24, 2.45) is 5.73 Å². The molecule has 8 heteroatoms. The van der Waals surface area contributed by atoms with E-state index < -0.39 is 12.7 Å². The van der Waals surface area contributed by atoms with Gasteiger partial charge in [-0.15, -0.1) is 0 Å². The summed E-state index contributed by atoms with van der Waals surface area (Å²) in [5.41, 5.74) is 6.31. The quantitative estimate of drug-likeness (QED) is 0.771. The van der Waals surface area contributed by atoms with Crippen LogP contribution in [0, 0.1) is 0 Å². The Morgan fingerprint density at radius 1 is 1.40 bits per heavy atom. The molecule has 0 unspecified atom stereocenters. The fourth-order valence-electron chi connectivity index (χ4n) is 2.77. The number of amides is 1. The van der Waals surface area contributed by atoms with Gasteiger partial charge in [0.1, 0.15) is 6.10 Å².